The van der Waals surface area contributed by atoms with E-state index < -0.39 is 11.5 Å². The number of hydrogen-bond donors (Lipinski definition) is 3. The summed E-state index contributed by atoms with van der Waals surface area (Å²) in [6.45, 7) is 7.04. The Hall–Kier alpha value is -1.10. The Morgan fingerprint density at radius 2 is 1.80 bits per heavy atom. The highest BCUT2D eigenvalue weighted by molar-refractivity contribution is 5.87. The molecule has 0 fully saturated rings. The molecule has 0 aliphatic heterocycles. The largest absolute Gasteiger partial charge is 0.392 e. The molecule has 5 nitrogen and oxygen atoms in total. The molecule has 0 radical (unpaired) electrons. The highest BCUT2D eigenvalue weighted by Crippen LogP contribution is 2.11. The van der Waals surface area contributed by atoms with Crippen LogP contribution in [-0.2, 0) is 9.59 Å². The Morgan fingerprint density at radius 1 is 1.27 bits per heavy atom. The van der Waals surface area contributed by atoms with E-state index in [0.29, 0.717) is 0 Å². The van der Waals surface area contributed by atoms with Crippen LogP contribution in [0.3, 0.4) is 0 Å². The highest BCUT2D eigenvalue weighted by Gasteiger charge is 2.21. The predicted octanol–water partition coefficient (Wildman–Crippen LogP) is -0.354. The van der Waals surface area contributed by atoms with Crippen molar-refractivity contribution in [2.75, 3.05) is 13.1 Å². The number of carbonyl (C=O) groups excluding carboxylic acids is 2. The highest BCUT2D eigenvalue weighted by atomic mass is 16.3. The van der Waals surface area contributed by atoms with Crippen molar-refractivity contribution in [2.45, 2.75) is 33.8 Å². The van der Waals surface area contributed by atoms with E-state index in [1.54, 1.807) is 27.7 Å². The quantitative estimate of drug-likeness (QED) is 0.601. The monoisotopic (exact) mass is 216 g/mol. The summed E-state index contributed by atoms with van der Waals surface area (Å²) in [5.74, 6) is -0.469. The second-order valence-electron chi connectivity index (χ2n) is 4.59. The number of carbonyl (C=O) groups is 2. The molecule has 0 saturated heterocycles. The van der Waals surface area contributed by atoms with Crippen molar-refractivity contribution in [2.24, 2.45) is 5.41 Å². The maximum absolute atomic E-state index is 11.4. The third kappa shape index (κ3) is 6.90. The van der Waals surface area contributed by atoms with Crippen LogP contribution in [0.2, 0.25) is 0 Å². The molecule has 0 aliphatic carbocycles. The summed E-state index contributed by atoms with van der Waals surface area (Å²) < 4.78 is 0. The van der Waals surface area contributed by atoms with Crippen LogP contribution in [0.15, 0.2) is 0 Å². The van der Waals surface area contributed by atoms with Gasteiger partial charge in [-0.05, 0) is 6.92 Å². The SMILES string of the molecule is C[C@@H](O)CNC(=O)CNC(=O)C(C)(C)C. The van der Waals surface area contributed by atoms with Crippen molar-refractivity contribution in [3.05, 3.63) is 0 Å². The lowest BCUT2D eigenvalue weighted by Gasteiger charge is -2.17. The minimum absolute atomic E-state index is 0.0528. The average Bonchev–Trinajstić information content (AvgIpc) is 2.09. The average molecular weight is 216 g/mol. The lowest BCUT2D eigenvalue weighted by Crippen LogP contribution is -2.43. The molecule has 0 unspecified atom stereocenters. The van der Waals surface area contributed by atoms with Crippen LogP contribution in [0.5, 0.6) is 0 Å². The maximum atomic E-state index is 11.4. The summed E-state index contributed by atoms with van der Waals surface area (Å²) in [6, 6.07) is 0. The summed E-state index contributed by atoms with van der Waals surface area (Å²) in [7, 11) is 0. The van der Waals surface area contributed by atoms with Gasteiger partial charge in [-0.3, -0.25) is 9.59 Å². The van der Waals surface area contributed by atoms with Crippen LogP contribution >= 0.6 is 0 Å². The van der Waals surface area contributed by atoms with E-state index in [1.807, 2.05) is 0 Å². The topological polar surface area (TPSA) is 78.4 Å². The molecule has 0 bridgehead atoms. The zero-order valence-electron chi connectivity index (χ0n) is 9.76. The van der Waals surface area contributed by atoms with E-state index in [2.05, 4.69) is 10.6 Å². The van der Waals surface area contributed by atoms with Crippen LogP contribution in [0.25, 0.3) is 0 Å². The molecule has 0 spiro atoms. The lowest BCUT2D eigenvalue weighted by molar-refractivity contribution is -0.131. The number of hydrogen-bond acceptors (Lipinski definition) is 3. The zero-order valence-corrected chi connectivity index (χ0v) is 9.76. The van der Waals surface area contributed by atoms with Crippen molar-refractivity contribution in [1.29, 1.82) is 0 Å². The maximum Gasteiger partial charge on any atom is 0.239 e. The molecule has 15 heavy (non-hydrogen) atoms. The van der Waals surface area contributed by atoms with Crippen LogP contribution < -0.4 is 10.6 Å². The molecule has 0 saturated carbocycles. The van der Waals surface area contributed by atoms with E-state index in [1.165, 1.54) is 0 Å². The van der Waals surface area contributed by atoms with Crippen molar-refractivity contribution in [1.82, 2.24) is 10.6 Å². The van der Waals surface area contributed by atoms with E-state index in [4.69, 9.17) is 5.11 Å². The van der Waals surface area contributed by atoms with Crippen LogP contribution in [0.1, 0.15) is 27.7 Å². The molecule has 1 atom stereocenters. The fourth-order valence-electron chi connectivity index (χ4n) is 0.750. The molecule has 0 aromatic heterocycles. The molecule has 0 aromatic rings. The fraction of sp³-hybridized carbons (Fsp3) is 0.800. The first-order valence-electron chi connectivity index (χ1n) is 4.96. The Labute approximate surface area is 90.2 Å². The van der Waals surface area contributed by atoms with Crippen molar-refractivity contribution in [3.63, 3.8) is 0 Å². The van der Waals surface area contributed by atoms with Gasteiger partial charge in [0.05, 0.1) is 12.6 Å². The number of amides is 2. The zero-order chi connectivity index (χ0) is 12.1. The molecule has 88 valence electrons. The third-order valence-electron chi connectivity index (χ3n) is 1.69. The molecule has 0 aromatic carbocycles. The van der Waals surface area contributed by atoms with Crippen LogP contribution in [-0.4, -0.2) is 36.1 Å². The summed E-state index contributed by atoms with van der Waals surface area (Å²) in [5.41, 5.74) is -0.495. The van der Waals surface area contributed by atoms with Gasteiger partial charge in [-0.1, -0.05) is 20.8 Å². The van der Waals surface area contributed by atoms with E-state index in [-0.39, 0.29) is 24.9 Å². The number of nitrogens with one attached hydrogen (secondary N) is 2. The van der Waals surface area contributed by atoms with Gasteiger partial charge in [-0.2, -0.15) is 0 Å². The molecule has 0 aliphatic rings. The minimum Gasteiger partial charge on any atom is -0.392 e. The van der Waals surface area contributed by atoms with Gasteiger partial charge in [-0.15, -0.1) is 0 Å². The van der Waals surface area contributed by atoms with Gasteiger partial charge < -0.3 is 15.7 Å². The molecule has 3 N–H and O–H groups in total. The van der Waals surface area contributed by atoms with Crippen LogP contribution in [0, 0.1) is 5.41 Å². The van der Waals surface area contributed by atoms with Gasteiger partial charge in [0.1, 0.15) is 0 Å². The Balaban J connectivity index is 3.77. The summed E-state index contributed by atoms with van der Waals surface area (Å²) in [6.07, 6.45) is -0.577. The van der Waals surface area contributed by atoms with E-state index in [9.17, 15) is 9.59 Å². The number of aliphatic hydroxyl groups is 1. The molecule has 2 amide bonds. The van der Waals surface area contributed by atoms with Crippen LogP contribution in [0.4, 0.5) is 0 Å². The first kappa shape index (κ1) is 13.9. The number of rotatable bonds is 4. The smallest absolute Gasteiger partial charge is 0.239 e. The lowest BCUT2D eigenvalue weighted by atomic mass is 9.96. The molecule has 0 heterocycles. The van der Waals surface area contributed by atoms with Gasteiger partial charge >= 0.3 is 0 Å². The second kappa shape index (κ2) is 5.70. The normalized spacial score (nSPS) is 13.1. The van der Waals surface area contributed by atoms with Crippen molar-refractivity contribution in [3.8, 4) is 0 Å². The Morgan fingerprint density at radius 3 is 2.20 bits per heavy atom. The van der Waals surface area contributed by atoms with Crippen molar-refractivity contribution < 1.29 is 14.7 Å². The van der Waals surface area contributed by atoms with Gasteiger partial charge in [-0.25, -0.2) is 0 Å². The Bertz CT molecular complexity index is 231. The minimum atomic E-state index is -0.577. The van der Waals surface area contributed by atoms with Gasteiger partial charge in [0.2, 0.25) is 11.8 Å². The summed E-state index contributed by atoms with van der Waals surface area (Å²) in [5, 5.41) is 13.9. The van der Waals surface area contributed by atoms with Gasteiger partial charge in [0, 0.05) is 12.0 Å². The predicted molar refractivity (Wildman–Crippen MR) is 57.2 cm³/mol. The second-order valence-corrected chi connectivity index (χ2v) is 4.59. The van der Waals surface area contributed by atoms with E-state index in [0.717, 1.165) is 0 Å². The molecule has 5 heteroatoms. The Kier molecular flexibility index (Phi) is 5.28. The molecular weight excluding hydrogens is 196 g/mol. The molecule has 0 rings (SSSR count). The van der Waals surface area contributed by atoms with Gasteiger partial charge in [0.25, 0.3) is 0 Å². The summed E-state index contributed by atoms with van der Waals surface area (Å²) in [4.78, 5) is 22.5. The number of aliphatic hydroxyl groups excluding tert-OH is 1. The van der Waals surface area contributed by atoms with Gasteiger partial charge in [0.15, 0.2) is 0 Å². The standard InChI is InChI=1S/C10H20N2O3/c1-7(13)5-11-8(14)6-12-9(15)10(2,3)4/h7,13H,5-6H2,1-4H3,(H,11,14)(H,12,15)/t7-/m1/s1. The third-order valence-corrected chi connectivity index (χ3v) is 1.69. The first-order valence-corrected chi connectivity index (χ1v) is 4.96. The fourth-order valence-corrected chi connectivity index (χ4v) is 0.750. The first-order chi connectivity index (χ1) is 6.73. The summed E-state index contributed by atoms with van der Waals surface area (Å²) >= 11 is 0. The van der Waals surface area contributed by atoms with Crippen molar-refractivity contribution >= 4 is 11.8 Å². The molecular formula is C10H20N2O3. The van der Waals surface area contributed by atoms with E-state index >= 15 is 0 Å².